The summed E-state index contributed by atoms with van der Waals surface area (Å²) in [6.45, 7) is 1.69. The Hall–Kier alpha value is -2.66. The Bertz CT molecular complexity index is 1010. The maximum atomic E-state index is 12.6. The number of nitrogens with one attached hydrogen (secondary N) is 3. The highest BCUT2D eigenvalue weighted by molar-refractivity contribution is 7.87. The average molecular weight is 492 g/mol. The van der Waals surface area contributed by atoms with Gasteiger partial charge in [0.2, 0.25) is 5.88 Å². The molecule has 1 aromatic rings. The second-order valence-corrected chi connectivity index (χ2v) is 11.0. The summed E-state index contributed by atoms with van der Waals surface area (Å²) in [7, 11) is -2.35. The van der Waals surface area contributed by atoms with E-state index in [2.05, 4.69) is 32.5 Å². The zero-order valence-electron chi connectivity index (χ0n) is 19.4. The van der Waals surface area contributed by atoms with Crippen LogP contribution in [0.3, 0.4) is 0 Å². The highest BCUT2D eigenvalue weighted by atomic mass is 32.2. The lowest BCUT2D eigenvalue weighted by molar-refractivity contribution is 0.0949. The number of allylic oxidation sites excluding steroid dienone is 2. The van der Waals surface area contributed by atoms with E-state index in [1.165, 1.54) is 17.6 Å². The highest BCUT2D eigenvalue weighted by Crippen LogP contribution is 2.42. The van der Waals surface area contributed by atoms with Crippen molar-refractivity contribution < 1.29 is 22.7 Å². The fourth-order valence-corrected chi connectivity index (χ4v) is 6.26. The first-order valence-corrected chi connectivity index (χ1v) is 13.3. The van der Waals surface area contributed by atoms with Gasteiger partial charge in [0.25, 0.3) is 5.91 Å². The first-order valence-electron chi connectivity index (χ1n) is 11.9. The third kappa shape index (κ3) is 6.06. The Morgan fingerprint density at radius 1 is 1.15 bits per heavy atom. The third-order valence-corrected chi connectivity index (χ3v) is 8.61. The number of rotatable bonds is 9. The molecule has 1 saturated heterocycles. The minimum Gasteiger partial charge on any atom is -0.481 e. The van der Waals surface area contributed by atoms with Gasteiger partial charge in [-0.15, -0.1) is 0 Å². The summed E-state index contributed by atoms with van der Waals surface area (Å²) < 4.78 is 33.7. The zero-order chi connectivity index (χ0) is 24.1. The van der Waals surface area contributed by atoms with Crippen LogP contribution in [0.25, 0.3) is 0 Å². The molecule has 1 aliphatic heterocycles. The number of carbonyl (C=O) groups excluding carboxylic acids is 2. The minimum absolute atomic E-state index is 0.202. The van der Waals surface area contributed by atoms with Crippen LogP contribution in [0.2, 0.25) is 0 Å². The van der Waals surface area contributed by atoms with Crippen LogP contribution in [0, 0.1) is 23.7 Å². The summed E-state index contributed by atoms with van der Waals surface area (Å²) >= 11 is 0. The number of nitrogens with zero attached hydrogens (tertiary/aromatic N) is 2. The van der Waals surface area contributed by atoms with E-state index >= 15 is 0 Å². The van der Waals surface area contributed by atoms with Crippen molar-refractivity contribution in [2.24, 2.45) is 23.7 Å². The van der Waals surface area contributed by atoms with Gasteiger partial charge >= 0.3 is 16.2 Å². The van der Waals surface area contributed by atoms with Crippen molar-refractivity contribution in [1.29, 1.82) is 0 Å². The second kappa shape index (κ2) is 10.7. The Morgan fingerprint density at radius 3 is 2.56 bits per heavy atom. The first kappa shape index (κ1) is 24.5. The SMILES string of the molecule is COc1ccc(C(=O)NCCC2CCN(S(=O)(=O)NC(=O)NC[C@@H]3C[C@@H]4C=C[C@@H]3C4)CC2)cn1. The summed E-state index contributed by atoms with van der Waals surface area (Å²) in [5, 5.41) is 5.61. The molecule has 1 saturated carbocycles. The van der Waals surface area contributed by atoms with Gasteiger partial charge in [0.05, 0.1) is 12.7 Å². The van der Waals surface area contributed by atoms with E-state index in [4.69, 9.17) is 4.74 Å². The van der Waals surface area contributed by atoms with Crippen LogP contribution in [0.5, 0.6) is 5.88 Å². The van der Waals surface area contributed by atoms with Gasteiger partial charge in [-0.05, 0) is 61.8 Å². The molecule has 4 rings (SSSR count). The van der Waals surface area contributed by atoms with Gasteiger partial charge < -0.3 is 15.4 Å². The molecule has 0 unspecified atom stereocenters. The van der Waals surface area contributed by atoms with Gasteiger partial charge in [-0.1, -0.05) is 12.2 Å². The largest absolute Gasteiger partial charge is 0.481 e. The fourth-order valence-electron chi connectivity index (χ4n) is 5.14. The molecular formula is C23H33N5O5S. The molecular weight excluding hydrogens is 458 g/mol. The summed E-state index contributed by atoms with van der Waals surface area (Å²) in [5.74, 6) is 2.05. The Kier molecular flexibility index (Phi) is 7.72. The molecule has 3 N–H and O–H groups in total. The molecule has 186 valence electrons. The number of carbonyl (C=O) groups is 2. The Morgan fingerprint density at radius 2 is 1.94 bits per heavy atom. The second-order valence-electron chi connectivity index (χ2n) is 9.33. The van der Waals surface area contributed by atoms with Crippen molar-refractivity contribution in [1.82, 2.24) is 24.6 Å². The molecule has 3 amide bonds. The van der Waals surface area contributed by atoms with Crippen LogP contribution in [0.1, 0.15) is 42.5 Å². The molecule has 0 spiro atoms. The molecule has 2 heterocycles. The Labute approximate surface area is 200 Å². The summed E-state index contributed by atoms with van der Waals surface area (Å²) in [4.78, 5) is 28.4. The van der Waals surface area contributed by atoms with Crippen LogP contribution in [0.15, 0.2) is 30.5 Å². The van der Waals surface area contributed by atoms with Gasteiger partial charge in [-0.2, -0.15) is 12.7 Å². The van der Waals surface area contributed by atoms with Crippen molar-refractivity contribution in [2.45, 2.75) is 32.1 Å². The number of pyridine rings is 1. The lowest BCUT2D eigenvalue weighted by Gasteiger charge is -2.31. The topological polar surface area (TPSA) is 130 Å². The molecule has 10 nitrogen and oxygen atoms in total. The maximum Gasteiger partial charge on any atom is 0.329 e. The van der Waals surface area contributed by atoms with Gasteiger partial charge in [-0.3, -0.25) is 4.79 Å². The predicted octanol–water partition coefficient (Wildman–Crippen LogP) is 1.68. The van der Waals surface area contributed by atoms with Crippen molar-refractivity contribution in [2.75, 3.05) is 33.3 Å². The molecule has 2 aliphatic carbocycles. The molecule has 3 atom stereocenters. The van der Waals surface area contributed by atoms with Crippen LogP contribution in [-0.2, 0) is 10.2 Å². The number of ether oxygens (including phenoxy) is 1. The number of piperidine rings is 1. The van der Waals surface area contributed by atoms with Crippen LogP contribution in [-0.4, -0.2) is 62.9 Å². The summed E-state index contributed by atoms with van der Waals surface area (Å²) in [6.07, 6.45) is 10.2. The Balaban J connectivity index is 1.13. The van der Waals surface area contributed by atoms with Crippen LogP contribution >= 0.6 is 0 Å². The number of urea groups is 1. The lowest BCUT2D eigenvalue weighted by atomic mass is 9.94. The van der Waals surface area contributed by atoms with E-state index in [1.54, 1.807) is 12.1 Å². The van der Waals surface area contributed by atoms with Gasteiger partial charge in [0.15, 0.2) is 0 Å². The molecule has 2 fully saturated rings. The fraction of sp³-hybridized carbons (Fsp3) is 0.609. The minimum atomic E-state index is -3.87. The molecule has 2 bridgehead atoms. The molecule has 11 heteroatoms. The van der Waals surface area contributed by atoms with Crippen LogP contribution in [0.4, 0.5) is 4.79 Å². The normalized spacial score (nSPS) is 24.7. The molecule has 1 aromatic heterocycles. The highest BCUT2D eigenvalue weighted by Gasteiger charge is 2.36. The molecule has 0 radical (unpaired) electrons. The summed E-state index contributed by atoms with van der Waals surface area (Å²) in [6, 6.07) is 2.63. The number of hydrogen-bond acceptors (Lipinski definition) is 6. The summed E-state index contributed by atoms with van der Waals surface area (Å²) in [5.41, 5.74) is 0.461. The van der Waals surface area contributed by atoms with E-state index in [-0.39, 0.29) is 5.91 Å². The van der Waals surface area contributed by atoms with Crippen molar-refractivity contribution in [3.63, 3.8) is 0 Å². The van der Waals surface area contributed by atoms with Crippen molar-refractivity contribution >= 4 is 22.1 Å². The molecule has 3 aliphatic rings. The monoisotopic (exact) mass is 491 g/mol. The number of amides is 3. The van der Waals surface area contributed by atoms with E-state index in [0.717, 1.165) is 19.3 Å². The van der Waals surface area contributed by atoms with E-state index in [0.29, 0.717) is 74.1 Å². The molecule has 0 aromatic carbocycles. The molecule has 34 heavy (non-hydrogen) atoms. The van der Waals surface area contributed by atoms with Crippen molar-refractivity contribution in [3.05, 3.63) is 36.0 Å². The standard InChI is InChI=1S/C23H33N5O5S/c1-33-21-5-4-19(14-25-21)22(29)24-9-6-16-7-10-28(11-8-16)34(31,32)27-23(30)26-15-20-13-17-2-3-18(20)12-17/h2-5,14,16-18,20H,6-13,15H2,1H3,(H,24,29)(H2,26,27,30)/t17-,18-,20+/m1/s1. The zero-order valence-corrected chi connectivity index (χ0v) is 20.2. The van der Waals surface area contributed by atoms with E-state index < -0.39 is 16.2 Å². The smallest absolute Gasteiger partial charge is 0.329 e. The van der Waals surface area contributed by atoms with Gasteiger partial charge in [-0.25, -0.2) is 14.5 Å². The van der Waals surface area contributed by atoms with Crippen LogP contribution < -0.4 is 20.1 Å². The maximum absolute atomic E-state index is 12.6. The third-order valence-electron chi connectivity index (χ3n) is 7.12. The number of aromatic nitrogens is 1. The predicted molar refractivity (Wildman–Crippen MR) is 126 cm³/mol. The van der Waals surface area contributed by atoms with E-state index in [1.807, 2.05) is 0 Å². The van der Waals surface area contributed by atoms with E-state index in [9.17, 15) is 18.0 Å². The first-order chi connectivity index (χ1) is 16.3. The van der Waals surface area contributed by atoms with Gasteiger partial charge in [0.1, 0.15) is 0 Å². The number of hydrogen-bond donors (Lipinski definition) is 3. The number of methoxy groups -OCH3 is 1. The number of fused-ring (bicyclic) bond motifs is 2. The van der Waals surface area contributed by atoms with Gasteiger partial charge in [0, 0.05) is 38.4 Å². The van der Waals surface area contributed by atoms with Crippen molar-refractivity contribution in [3.8, 4) is 5.88 Å². The average Bonchev–Trinajstić information content (AvgIpc) is 3.46. The quantitative estimate of drug-likeness (QED) is 0.451. The lowest BCUT2D eigenvalue weighted by Crippen LogP contribution is -2.50.